The molecule has 0 atom stereocenters. The highest BCUT2D eigenvalue weighted by Gasteiger charge is 2.45. The molecule has 1 aromatic carbocycles. The average molecular weight is 286 g/mol. The van der Waals surface area contributed by atoms with E-state index in [4.69, 9.17) is 4.74 Å². The first-order valence-corrected chi connectivity index (χ1v) is 7.10. The van der Waals surface area contributed by atoms with Crippen LogP contribution in [0.15, 0.2) is 44.9 Å². The number of hydrogen-bond acceptors (Lipinski definition) is 6. The Hall–Kier alpha value is -2.11. The zero-order chi connectivity index (χ0) is 14.9. The van der Waals surface area contributed by atoms with Gasteiger partial charge in [-0.25, -0.2) is 0 Å². The maximum atomic E-state index is 12.0. The Bertz CT molecular complexity index is 591. The number of carbonyl (C=O) groups is 1. The van der Waals surface area contributed by atoms with Gasteiger partial charge >= 0.3 is 5.97 Å². The molecule has 1 fully saturated rings. The Kier molecular flexibility index (Phi) is 3.31. The van der Waals surface area contributed by atoms with E-state index in [0.29, 0.717) is 0 Å². The third kappa shape index (κ3) is 2.34. The lowest BCUT2D eigenvalue weighted by Crippen LogP contribution is -2.40. The molecule has 0 radical (unpaired) electrons. The highest BCUT2D eigenvalue weighted by Crippen LogP contribution is 2.45. The molecule has 0 bridgehead atoms. The number of methoxy groups -OCH3 is 1. The maximum absolute atomic E-state index is 12.0. The normalized spacial score (nSPS) is 21.0. The summed E-state index contributed by atoms with van der Waals surface area (Å²) in [6, 6.07) is 7.99. The van der Waals surface area contributed by atoms with Crippen molar-refractivity contribution in [1.82, 2.24) is 0 Å². The van der Waals surface area contributed by atoms with E-state index in [0.717, 1.165) is 36.8 Å². The number of esters is 1. The van der Waals surface area contributed by atoms with E-state index >= 15 is 0 Å². The summed E-state index contributed by atoms with van der Waals surface area (Å²) in [5.41, 5.74) is 1.03. The molecule has 0 saturated heterocycles. The number of hydrogen-bond donors (Lipinski definition) is 0. The van der Waals surface area contributed by atoms with Crippen LogP contribution >= 0.6 is 0 Å². The lowest BCUT2D eigenvalue weighted by atomic mass is 9.65. The molecular formula is C15H18N4O2. The van der Waals surface area contributed by atoms with Crippen LogP contribution in [0.3, 0.4) is 0 Å². The predicted molar refractivity (Wildman–Crippen MR) is 75.5 cm³/mol. The van der Waals surface area contributed by atoms with Crippen molar-refractivity contribution in [2.75, 3.05) is 7.11 Å². The summed E-state index contributed by atoms with van der Waals surface area (Å²) in [6.07, 6.45) is 3.62. The fraction of sp³-hybridized carbons (Fsp3) is 0.533. The molecule has 0 amide bonds. The van der Waals surface area contributed by atoms with Crippen LogP contribution in [0.2, 0.25) is 0 Å². The molecule has 6 heteroatoms. The first-order valence-electron chi connectivity index (χ1n) is 7.10. The maximum Gasteiger partial charge on any atom is 0.312 e. The lowest BCUT2D eigenvalue weighted by Gasteiger charge is -2.39. The molecule has 21 heavy (non-hydrogen) atoms. The molecular weight excluding hydrogens is 268 g/mol. The zero-order valence-corrected chi connectivity index (χ0v) is 12.2. The minimum absolute atomic E-state index is 0.0943. The summed E-state index contributed by atoms with van der Waals surface area (Å²) in [5.74, 6) is -0.0943. The molecule has 0 N–H and O–H groups in total. The van der Waals surface area contributed by atoms with Crippen molar-refractivity contribution in [1.29, 1.82) is 0 Å². The molecule has 1 aromatic rings. The smallest absolute Gasteiger partial charge is 0.312 e. The van der Waals surface area contributed by atoms with Crippen molar-refractivity contribution in [3.05, 3.63) is 35.4 Å². The number of ether oxygens (including phenoxy) is 1. The summed E-state index contributed by atoms with van der Waals surface area (Å²) in [6.45, 7) is 1.86. The van der Waals surface area contributed by atoms with E-state index in [2.05, 4.69) is 20.7 Å². The van der Waals surface area contributed by atoms with E-state index in [1.807, 2.05) is 31.2 Å². The molecule has 110 valence electrons. The van der Waals surface area contributed by atoms with Crippen LogP contribution in [-0.2, 0) is 21.6 Å². The summed E-state index contributed by atoms with van der Waals surface area (Å²) in [7, 11) is 1.46. The van der Waals surface area contributed by atoms with Gasteiger partial charge in [-0.15, -0.1) is 10.2 Å². The summed E-state index contributed by atoms with van der Waals surface area (Å²) >= 11 is 0. The van der Waals surface area contributed by atoms with Crippen molar-refractivity contribution >= 4 is 5.97 Å². The van der Waals surface area contributed by atoms with E-state index in [-0.39, 0.29) is 11.4 Å². The van der Waals surface area contributed by atoms with Gasteiger partial charge in [0.1, 0.15) is 0 Å². The molecule has 0 aromatic heterocycles. The molecule has 0 spiro atoms. The Morgan fingerprint density at radius 1 is 1.19 bits per heavy atom. The summed E-state index contributed by atoms with van der Waals surface area (Å²) in [4.78, 5) is 12.0. The lowest BCUT2D eigenvalue weighted by molar-refractivity contribution is -0.158. The number of nitrogens with zero attached hydrogens (tertiary/aromatic N) is 4. The first-order chi connectivity index (χ1) is 10.1. The molecule has 1 aliphatic heterocycles. The van der Waals surface area contributed by atoms with Crippen molar-refractivity contribution in [2.45, 2.75) is 38.3 Å². The monoisotopic (exact) mass is 286 g/mol. The third-order valence-corrected chi connectivity index (χ3v) is 4.49. The van der Waals surface area contributed by atoms with Gasteiger partial charge in [0.15, 0.2) is 0 Å². The van der Waals surface area contributed by atoms with Gasteiger partial charge in [-0.2, -0.15) is 0 Å². The predicted octanol–water partition coefficient (Wildman–Crippen LogP) is 3.58. The van der Waals surface area contributed by atoms with Gasteiger partial charge in [-0.1, -0.05) is 30.7 Å². The Morgan fingerprint density at radius 3 is 2.29 bits per heavy atom. The Morgan fingerprint density at radius 2 is 1.81 bits per heavy atom. The average Bonchev–Trinajstić information content (AvgIpc) is 2.91. The minimum atomic E-state index is -0.713. The fourth-order valence-electron chi connectivity index (χ4n) is 2.95. The van der Waals surface area contributed by atoms with Crippen molar-refractivity contribution < 1.29 is 9.53 Å². The molecule has 1 heterocycles. The van der Waals surface area contributed by atoms with Gasteiger partial charge in [-0.3, -0.25) is 4.79 Å². The highest BCUT2D eigenvalue weighted by atomic mass is 16.5. The van der Waals surface area contributed by atoms with E-state index in [9.17, 15) is 4.79 Å². The Labute approximate surface area is 123 Å². The summed E-state index contributed by atoms with van der Waals surface area (Å²) < 4.78 is 4.96. The second-order valence-electron chi connectivity index (χ2n) is 5.90. The third-order valence-electron chi connectivity index (χ3n) is 4.49. The van der Waals surface area contributed by atoms with Crippen molar-refractivity contribution in [3.63, 3.8) is 0 Å². The Balaban J connectivity index is 1.77. The second kappa shape index (κ2) is 5.02. The van der Waals surface area contributed by atoms with Crippen LogP contribution in [0.25, 0.3) is 0 Å². The van der Waals surface area contributed by atoms with E-state index < -0.39 is 5.66 Å². The molecule has 1 aliphatic carbocycles. The largest absolute Gasteiger partial charge is 0.469 e. The van der Waals surface area contributed by atoms with Crippen LogP contribution in [0.5, 0.6) is 0 Å². The number of benzene rings is 1. The van der Waals surface area contributed by atoms with Crippen molar-refractivity contribution in [3.8, 4) is 0 Å². The quantitative estimate of drug-likeness (QED) is 0.793. The van der Waals surface area contributed by atoms with Gasteiger partial charge in [0.25, 0.3) is 0 Å². The molecule has 3 rings (SSSR count). The van der Waals surface area contributed by atoms with Gasteiger partial charge in [-0.05, 0) is 42.2 Å². The van der Waals surface area contributed by atoms with Crippen molar-refractivity contribution in [2.24, 2.45) is 26.1 Å². The van der Waals surface area contributed by atoms with Gasteiger partial charge in [0.05, 0.1) is 12.5 Å². The van der Waals surface area contributed by atoms with Gasteiger partial charge < -0.3 is 4.74 Å². The van der Waals surface area contributed by atoms with Crippen LogP contribution in [0.1, 0.15) is 37.3 Å². The van der Waals surface area contributed by atoms with Crippen LogP contribution in [0.4, 0.5) is 0 Å². The highest BCUT2D eigenvalue weighted by molar-refractivity contribution is 5.78. The molecule has 0 unspecified atom stereocenters. The van der Waals surface area contributed by atoms with E-state index in [1.54, 1.807) is 0 Å². The van der Waals surface area contributed by atoms with Gasteiger partial charge in [0, 0.05) is 5.56 Å². The molecule has 1 saturated carbocycles. The SMILES string of the molecule is COC(=O)C1(Cc2ccc(C3(C)N=NN=N3)cc2)CCC1. The number of carbonyl (C=O) groups excluding carboxylic acids is 1. The van der Waals surface area contributed by atoms with Gasteiger partial charge in [0.2, 0.25) is 5.66 Å². The number of rotatable bonds is 4. The van der Waals surface area contributed by atoms with Crippen LogP contribution < -0.4 is 0 Å². The van der Waals surface area contributed by atoms with Crippen LogP contribution in [0, 0.1) is 5.41 Å². The molecule has 2 aliphatic rings. The zero-order valence-electron chi connectivity index (χ0n) is 12.2. The first kappa shape index (κ1) is 13.9. The summed E-state index contributed by atoms with van der Waals surface area (Å²) in [5, 5.41) is 15.2. The van der Waals surface area contributed by atoms with E-state index in [1.165, 1.54) is 7.11 Å². The minimum Gasteiger partial charge on any atom is -0.469 e. The fourth-order valence-corrected chi connectivity index (χ4v) is 2.95. The topological polar surface area (TPSA) is 75.7 Å². The standard InChI is InChI=1S/C15H18N4O2/c1-14(16-18-19-17-14)12-6-4-11(5-7-12)10-15(8-3-9-15)13(20)21-2/h4-7H,3,8-10H2,1-2H3. The second-order valence-corrected chi connectivity index (χ2v) is 5.90. The molecule has 6 nitrogen and oxygen atoms in total. The van der Waals surface area contributed by atoms with Crippen LogP contribution in [-0.4, -0.2) is 13.1 Å².